The van der Waals surface area contributed by atoms with E-state index in [4.69, 9.17) is 28.2 Å². The molecule has 2 aliphatic rings. The summed E-state index contributed by atoms with van der Waals surface area (Å²) in [6.07, 6.45) is 11.1. The summed E-state index contributed by atoms with van der Waals surface area (Å²) in [5.74, 6) is 2.22. The molecule has 1 aromatic heterocycles. The zero-order valence-electron chi connectivity index (χ0n) is 25.1. The zero-order valence-corrected chi connectivity index (χ0v) is 26.6. The van der Waals surface area contributed by atoms with Gasteiger partial charge in [0.1, 0.15) is 0 Å². The van der Waals surface area contributed by atoms with Crippen LogP contribution >= 0.6 is 23.2 Å². The highest BCUT2D eigenvalue weighted by molar-refractivity contribution is 6.42. The fourth-order valence-corrected chi connectivity index (χ4v) is 7.59. The lowest BCUT2D eigenvalue weighted by molar-refractivity contribution is 0.0784. The predicted octanol–water partition coefficient (Wildman–Crippen LogP) is 9.23. The van der Waals surface area contributed by atoms with Crippen molar-refractivity contribution in [3.05, 3.63) is 94.0 Å². The Morgan fingerprint density at radius 3 is 2.58 bits per heavy atom. The van der Waals surface area contributed by atoms with Crippen molar-refractivity contribution in [2.45, 2.75) is 76.3 Å². The van der Waals surface area contributed by atoms with E-state index in [0.29, 0.717) is 22.6 Å². The molecule has 1 saturated carbocycles. The van der Waals surface area contributed by atoms with Gasteiger partial charge in [-0.25, -0.2) is 4.98 Å². The van der Waals surface area contributed by atoms with E-state index < -0.39 is 0 Å². The number of imidazole rings is 1. The molecular formula is C36H42Cl2N4O. The number of hydrogen-bond donors (Lipinski definition) is 0. The molecule has 226 valence electrons. The molecule has 3 aromatic carbocycles. The van der Waals surface area contributed by atoms with Crippen LogP contribution in [-0.4, -0.2) is 46.5 Å². The SMILES string of the molecule is CN(CC(CCCCC1CCCC(N2CCn3c2nc2ccccc23)CC1)c1ccc(Cl)c(Cl)c1)C(=O)c1ccccc1. The van der Waals surface area contributed by atoms with E-state index in [1.54, 1.807) is 0 Å². The summed E-state index contributed by atoms with van der Waals surface area (Å²) in [5.41, 5.74) is 4.25. The van der Waals surface area contributed by atoms with E-state index in [1.807, 2.05) is 54.4 Å². The lowest BCUT2D eigenvalue weighted by atomic mass is 9.89. The van der Waals surface area contributed by atoms with Gasteiger partial charge in [0.25, 0.3) is 5.91 Å². The van der Waals surface area contributed by atoms with E-state index in [2.05, 4.69) is 39.8 Å². The second-order valence-electron chi connectivity index (χ2n) is 12.5. The summed E-state index contributed by atoms with van der Waals surface area (Å²) in [6.45, 7) is 2.78. The van der Waals surface area contributed by atoms with Gasteiger partial charge in [0.05, 0.1) is 21.1 Å². The Balaban J connectivity index is 1.03. The van der Waals surface area contributed by atoms with Crippen LogP contribution in [0.4, 0.5) is 5.95 Å². The van der Waals surface area contributed by atoms with Gasteiger partial charge in [-0.2, -0.15) is 0 Å². The number of para-hydroxylation sites is 2. The number of fused-ring (bicyclic) bond motifs is 3. The van der Waals surface area contributed by atoms with Crippen molar-refractivity contribution in [3.63, 3.8) is 0 Å². The second kappa shape index (κ2) is 13.7. The maximum atomic E-state index is 13.1. The molecule has 0 bridgehead atoms. The number of likely N-dealkylation sites (N-methyl/N-ethyl adjacent to an activating group) is 1. The summed E-state index contributed by atoms with van der Waals surface area (Å²) < 4.78 is 2.41. The van der Waals surface area contributed by atoms with E-state index in [-0.39, 0.29) is 11.8 Å². The molecule has 1 fully saturated rings. The standard InChI is InChI=1S/C36H42Cl2N4O/c1-40(35(43)27-12-3-2-4-13-27)25-29(28-19-21-31(37)32(38)24-28)14-6-5-10-26-11-9-15-30(20-18-26)41-22-23-42-34-17-8-7-16-33(34)39-36(41)42/h2-4,7-8,12-13,16-17,19,21,24,26,29-30H,5-6,9-11,14-15,18,20,22-23,25H2,1H3. The molecule has 4 aromatic rings. The van der Waals surface area contributed by atoms with Crippen molar-refractivity contribution in [2.24, 2.45) is 5.92 Å². The first-order chi connectivity index (χ1) is 21.0. The maximum absolute atomic E-state index is 13.1. The summed E-state index contributed by atoms with van der Waals surface area (Å²) in [7, 11) is 1.90. The number of unbranched alkanes of at least 4 members (excludes halogenated alkanes) is 1. The third-order valence-electron chi connectivity index (χ3n) is 9.65. The average molecular weight is 618 g/mol. The van der Waals surface area contributed by atoms with Crippen LogP contribution < -0.4 is 4.90 Å². The van der Waals surface area contributed by atoms with Crippen molar-refractivity contribution in [3.8, 4) is 0 Å². The quantitative estimate of drug-likeness (QED) is 0.132. The van der Waals surface area contributed by atoms with E-state index >= 15 is 0 Å². The average Bonchev–Trinajstić information content (AvgIpc) is 3.52. The summed E-state index contributed by atoms with van der Waals surface area (Å²) in [4.78, 5) is 22.6. The summed E-state index contributed by atoms with van der Waals surface area (Å²) in [6, 6.07) is 24.6. The van der Waals surface area contributed by atoms with Gasteiger partial charge in [-0.3, -0.25) is 4.79 Å². The fourth-order valence-electron chi connectivity index (χ4n) is 7.28. The Morgan fingerprint density at radius 1 is 0.930 bits per heavy atom. The normalized spacial score (nSPS) is 19.3. The molecule has 43 heavy (non-hydrogen) atoms. The predicted molar refractivity (Wildman–Crippen MR) is 179 cm³/mol. The van der Waals surface area contributed by atoms with Crippen LogP contribution in [0.25, 0.3) is 11.0 Å². The van der Waals surface area contributed by atoms with Gasteiger partial charge in [-0.15, -0.1) is 0 Å². The lowest BCUT2D eigenvalue weighted by Crippen LogP contribution is -2.33. The zero-order chi connectivity index (χ0) is 29.8. The maximum Gasteiger partial charge on any atom is 0.253 e. The van der Waals surface area contributed by atoms with E-state index in [1.165, 1.54) is 56.4 Å². The molecule has 2 heterocycles. The van der Waals surface area contributed by atoms with Crippen LogP contribution in [-0.2, 0) is 6.54 Å². The highest BCUT2D eigenvalue weighted by Gasteiger charge is 2.31. The number of benzene rings is 3. The second-order valence-corrected chi connectivity index (χ2v) is 13.3. The molecule has 5 nitrogen and oxygen atoms in total. The van der Waals surface area contributed by atoms with Crippen LogP contribution in [0, 0.1) is 5.92 Å². The lowest BCUT2D eigenvalue weighted by Gasteiger charge is -2.27. The number of nitrogens with zero attached hydrogens (tertiary/aromatic N) is 4. The molecule has 1 aliphatic heterocycles. The highest BCUT2D eigenvalue weighted by atomic mass is 35.5. The number of aromatic nitrogens is 2. The third kappa shape index (κ3) is 6.89. The molecule has 3 atom stereocenters. The Kier molecular flexibility index (Phi) is 9.59. The topological polar surface area (TPSA) is 41.4 Å². The van der Waals surface area contributed by atoms with Crippen molar-refractivity contribution in [2.75, 3.05) is 25.0 Å². The van der Waals surface area contributed by atoms with E-state index in [0.717, 1.165) is 48.5 Å². The number of carbonyl (C=O) groups is 1. The smallest absolute Gasteiger partial charge is 0.253 e. The Hall–Kier alpha value is -3.02. The fraction of sp³-hybridized carbons (Fsp3) is 0.444. The van der Waals surface area contributed by atoms with Crippen LogP contribution in [0.3, 0.4) is 0 Å². The number of carbonyl (C=O) groups excluding carboxylic acids is 1. The number of hydrogen-bond acceptors (Lipinski definition) is 3. The highest BCUT2D eigenvalue weighted by Crippen LogP contribution is 2.36. The summed E-state index contributed by atoms with van der Waals surface area (Å²) in [5, 5.41) is 1.14. The van der Waals surface area contributed by atoms with Gasteiger partial charge in [0, 0.05) is 44.2 Å². The Morgan fingerprint density at radius 2 is 1.74 bits per heavy atom. The first-order valence-corrected chi connectivity index (χ1v) is 16.7. The van der Waals surface area contributed by atoms with Crippen molar-refractivity contribution >= 4 is 46.1 Å². The molecule has 0 spiro atoms. The molecule has 1 amide bonds. The van der Waals surface area contributed by atoms with Gasteiger partial charge >= 0.3 is 0 Å². The van der Waals surface area contributed by atoms with Crippen molar-refractivity contribution in [1.82, 2.24) is 14.5 Å². The van der Waals surface area contributed by atoms with Gasteiger partial charge in [0.2, 0.25) is 5.95 Å². The molecule has 0 saturated heterocycles. The minimum atomic E-state index is 0.0484. The monoisotopic (exact) mass is 616 g/mol. The first-order valence-electron chi connectivity index (χ1n) is 16.0. The van der Waals surface area contributed by atoms with Gasteiger partial charge < -0.3 is 14.4 Å². The van der Waals surface area contributed by atoms with Crippen molar-refractivity contribution in [1.29, 1.82) is 0 Å². The molecule has 0 N–H and O–H groups in total. The number of amides is 1. The van der Waals surface area contributed by atoms with Crippen LogP contribution in [0.1, 0.15) is 79.6 Å². The largest absolute Gasteiger partial charge is 0.341 e. The molecular weight excluding hydrogens is 575 g/mol. The first kappa shape index (κ1) is 30.0. The summed E-state index contributed by atoms with van der Waals surface area (Å²) >= 11 is 12.7. The van der Waals surface area contributed by atoms with Gasteiger partial charge in [-0.1, -0.05) is 91.7 Å². The van der Waals surface area contributed by atoms with E-state index in [9.17, 15) is 4.79 Å². The number of rotatable bonds is 10. The molecule has 0 radical (unpaired) electrons. The number of halogens is 2. The minimum Gasteiger partial charge on any atom is -0.341 e. The molecule has 7 heteroatoms. The molecule has 1 aliphatic carbocycles. The van der Waals surface area contributed by atoms with Crippen LogP contribution in [0.15, 0.2) is 72.8 Å². The molecule has 3 unspecified atom stereocenters. The Bertz CT molecular complexity index is 1540. The van der Waals surface area contributed by atoms with Gasteiger partial charge in [0.15, 0.2) is 0 Å². The van der Waals surface area contributed by atoms with Crippen molar-refractivity contribution < 1.29 is 4.79 Å². The minimum absolute atomic E-state index is 0.0484. The van der Waals surface area contributed by atoms with Gasteiger partial charge in [-0.05, 0) is 73.6 Å². The molecule has 6 rings (SSSR count). The van der Waals surface area contributed by atoms with Crippen LogP contribution in [0.5, 0.6) is 0 Å². The third-order valence-corrected chi connectivity index (χ3v) is 10.4. The van der Waals surface area contributed by atoms with Crippen LogP contribution in [0.2, 0.25) is 10.0 Å². The number of anilines is 1. The Labute approximate surface area is 265 Å².